The summed E-state index contributed by atoms with van der Waals surface area (Å²) in [6.07, 6.45) is 3.14. The lowest BCUT2D eigenvalue weighted by atomic mass is 9.82. The van der Waals surface area contributed by atoms with E-state index in [-0.39, 0.29) is 27.9 Å². The van der Waals surface area contributed by atoms with Crippen LogP contribution in [-0.4, -0.2) is 46.5 Å². The van der Waals surface area contributed by atoms with Gasteiger partial charge in [0.1, 0.15) is 17.9 Å². The van der Waals surface area contributed by atoms with Crippen molar-refractivity contribution < 1.29 is 22.7 Å². The number of nitrogens with zero attached hydrogens (tertiary/aromatic N) is 3. The third-order valence-corrected chi connectivity index (χ3v) is 8.53. The molecule has 3 heterocycles. The highest BCUT2D eigenvalue weighted by Crippen LogP contribution is 2.46. The van der Waals surface area contributed by atoms with Crippen molar-refractivity contribution in [1.29, 1.82) is 0 Å². The lowest BCUT2D eigenvalue weighted by Crippen LogP contribution is -2.46. The molecule has 0 saturated carbocycles. The number of nitrogens with one attached hydrogen (secondary N) is 1. The highest BCUT2D eigenvalue weighted by Gasteiger charge is 2.40. The number of anilines is 1. The van der Waals surface area contributed by atoms with Crippen LogP contribution < -0.4 is 9.46 Å². The number of hydrogen-bond acceptors (Lipinski definition) is 8. The number of rotatable bonds is 5. The average molecular weight is 505 g/mol. The molecule has 3 atom stereocenters. The van der Waals surface area contributed by atoms with Gasteiger partial charge in [0, 0.05) is 48.2 Å². The zero-order valence-corrected chi connectivity index (χ0v) is 20.2. The van der Waals surface area contributed by atoms with Crippen LogP contribution in [0.5, 0.6) is 5.75 Å². The van der Waals surface area contributed by atoms with Gasteiger partial charge < -0.3 is 9.84 Å². The second kappa shape index (κ2) is 8.88. The van der Waals surface area contributed by atoms with Crippen molar-refractivity contribution in [3.8, 4) is 5.75 Å². The number of aliphatic hydroxyl groups is 1. The molecule has 2 aliphatic rings. The summed E-state index contributed by atoms with van der Waals surface area (Å²) in [6.45, 7) is 2.92. The number of hydrogen-bond donors (Lipinski definition) is 2. The minimum atomic E-state index is -3.84. The molecule has 1 saturated heterocycles. The topological polar surface area (TPSA) is 105 Å². The Balaban J connectivity index is 1.46. The Kier molecular flexibility index (Phi) is 6.05. The molecule has 0 bridgehead atoms. The molecular weight excluding hydrogens is 479 g/mol. The molecule has 0 radical (unpaired) electrons. The number of likely N-dealkylation sites (tertiary alicyclic amines) is 1. The summed E-state index contributed by atoms with van der Waals surface area (Å²) in [5, 5.41) is 11.0. The lowest BCUT2D eigenvalue weighted by Gasteiger charge is -2.47. The van der Waals surface area contributed by atoms with Crippen LogP contribution in [-0.2, 0) is 10.0 Å². The van der Waals surface area contributed by atoms with Crippen molar-refractivity contribution in [2.75, 3.05) is 17.9 Å². The normalized spacial score (nSPS) is 25.4. The van der Waals surface area contributed by atoms with E-state index in [0.29, 0.717) is 31.7 Å². The fourth-order valence-electron chi connectivity index (χ4n) is 4.78. The first kappa shape index (κ1) is 23.2. The standard InChI is InChI=1S/C23H25FN4O4S2/c1-23(29)9-10-28(20(13-23)15-2-4-16(24)5-3-15)19-8-11-32-21-12-17(6-7-18(19)21)34(30,31)27-22-25-14-26-33-22/h2-7,12,14,19-20,29H,8-11,13H2,1H3,(H,25,26,27)/t19-,20-,23-/m0/s1. The van der Waals surface area contributed by atoms with Crippen LogP contribution in [0.3, 0.4) is 0 Å². The summed E-state index contributed by atoms with van der Waals surface area (Å²) in [7, 11) is -3.84. The highest BCUT2D eigenvalue weighted by atomic mass is 32.2. The molecule has 2 aliphatic heterocycles. The second-order valence-corrected chi connectivity index (χ2v) is 11.4. The van der Waals surface area contributed by atoms with E-state index in [0.717, 1.165) is 29.1 Å². The monoisotopic (exact) mass is 504 g/mol. The maximum atomic E-state index is 13.6. The Labute approximate surface area is 201 Å². The largest absolute Gasteiger partial charge is 0.493 e. The third kappa shape index (κ3) is 4.65. The zero-order valence-electron chi connectivity index (χ0n) is 18.5. The molecule has 3 aromatic rings. The molecule has 11 heteroatoms. The first-order valence-corrected chi connectivity index (χ1v) is 13.3. The highest BCUT2D eigenvalue weighted by molar-refractivity contribution is 7.93. The lowest BCUT2D eigenvalue weighted by molar-refractivity contribution is -0.0540. The molecule has 0 amide bonds. The van der Waals surface area contributed by atoms with Gasteiger partial charge in [-0.25, -0.2) is 17.8 Å². The molecule has 1 fully saturated rings. The quantitative estimate of drug-likeness (QED) is 0.543. The number of ether oxygens (including phenoxy) is 1. The zero-order chi connectivity index (χ0) is 23.9. The Morgan fingerprint density at radius 2 is 2.03 bits per heavy atom. The number of aromatic nitrogens is 2. The van der Waals surface area contributed by atoms with Crippen molar-refractivity contribution in [1.82, 2.24) is 14.3 Å². The second-order valence-electron chi connectivity index (χ2n) is 8.96. The molecule has 180 valence electrons. The first-order chi connectivity index (χ1) is 16.2. The molecular formula is C23H25FN4O4S2. The van der Waals surface area contributed by atoms with Gasteiger partial charge in [-0.3, -0.25) is 9.62 Å². The van der Waals surface area contributed by atoms with Gasteiger partial charge in [0.05, 0.1) is 17.1 Å². The maximum Gasteiger partial charge on any atom is 0.263 e. The van der Waals surface area contributed by atoms with Gasteiger partial charge in [0.25, 0.3) is 10.0 Å². The Hall–Kier alpha value is -2.60. The van der Waals surface area contributed by atoms with E-state index in [2.05, 4.69) is 19.0 Å². The van der Waals surface area contributed by atoms with E-state index >= 15 is 0 Å². The summed E-state index contributed by atoms with van der Waals surface area (Å²) < 4.78 is 51.3. The number of sulfonamides is 1. The van der Waals surface area contributed by atoms with Gasteiger partial charge in [0.15, 0.2) is 0 Å². The number of benzene rings is 2. The Morgan fingerprint density at radius 3 is 2.76 bits per heavy atom. The Morgan fingerprint density at radius 1 is 1.24 bits per heavy atom. The van der Waals surface area contributed by atoms with Crippen molar-refractivity contribution in [2.24, 2.45) is 0 Å². The molecule has 34 heavy (non-hydrogen) atoms. The van der Waals surface area contributed by atoms with Crippen molar-refractivity contribution in [3.05, 3.63) is 65.7 Å². The van der Waals surface area contributed by atoms with Crippen molar-refractivity contribution >= 4 is 26.7 Å². The van der Waals surface area contributed by atoms with E-state index in [1.807, 2.05) is 6.92 Å². The molecule has 2 N–H and O–H groups in total. The smallest absolute Gasteiger partial charge is 0.263 e. The van der Waals surface area contributed by atoms with Gasteiger partial charge in [-0.05, 0) is 43.5 Å². The van der Waals surface area contributed by atoms with Crippen LogP contribution in [0.2, 0.25) is 0 Å². The summed E-state index contributed by atoms with van der Waals surface area (Å²) in [6, 6.07) is 11.2. The van der Waals surface area contributed by atoms with E-state index < -0.39 is 15.6 Å². The van der Waals surface area contributed by atoms with Gasteiger partial charge in [-0.15, -0.1) is 0 Å². The summed E-state index contributed by atoms with van der Waals surface area (Å²) >= 11 is 0.958. The van der Waals surface area contributed by atoms with Gasteiger partial charge in [0.2, 0.25) is 5.13 Å². The molecule has 0 spiro atoms. The summed E-state index contributed by atoms with van der Waals surface area (Å²) in [5.74, 6) is 0.219. The summed E-state index contributed by atoms with van der Waals surface area (Å²) in [4.78, 5) is 6.28. The molecule has 0 aliphatic carbocycles. The molecule has 0 unspecified atom stereocenters. The van der Waals surface area contributed by atoms with Crippen molar-refractivity contribution in [2.45, 2.75) is 48.8 Å². The number of fused-ring (bicyclic) bond motifs is 1. The van der Waals surface area contributed by atoms with Gasteiger partial charge in [-0.2, -0.15) is 4.37 Å². The van der Waals surface area contributed by atoms with E-state index in [9.17, 15) is 17.9 Å². The maximum absolute atomic E-state index is 13.6. The molecule has 1 aromatic heterocycles. The molecule has 2 aromatic carbocycles. The first-order valence-electron chi connectivity index (χ1n) is 11.0. The average Bonchev–Trinajstić information content (AvgIpc) is 3.31. The molecule has 8 nitrogen and oxygen atoms in total. The minimum Gasteiger partial charge on any atom is -0.493 e. The number of piperidine rings is 1. The third-order valence-electron chi connectivity index (χ3n) is 6.48. The minimum absolute atomic E-state index is 0.0252. The van der Waals surface area contributed by atoms with Crippen molar-refractivity contribution in [3.63, 3.8) is 0 Å². The predicted octanol–water partition coefficient (Wildman–Crippen LogP) is 3.89. The van der Waals surface area contributed by atoms with Crippen LogP contribution in [0.25, 0.3) is 0 Å². The summed E-state index contributed by atoms with van der Waals surface area (Å²) in [5.41, 5.74) is 1.02. The van der Waals surface area contributed by atoms with Crippen LogP contribution in [0.1, 0.15) is 49.4 Å². The molecule has 5 rings (SSSR count). The Bertz CT molecular complexity index is 1270. The fourth-order valence-corrected chi connectivity index (χ4v) is 6.46. The van der Waals surface area contributed by atoms with Gasteiger partial charge in [-0.1, -0.05) is 18.2 Å². The fraction of sp³-hybridized carbons (Fsp3) is 0.391. The van der Waals surface area contributed by atoms with Crippen LogP contribution >= 0.6 is 11.5 Å². The van der Waals surface area contributed by atoms with E-state index in [4.69, 9.17) is 4.74 Å². The van der Waals surface area contributed by atoms with Gasteiger partial charge >= 0.3 is 0 Å². The van der Waals surface area contributed by atoms with Crippen LogP contribution in [0.4, 0.5) is 9.52 Å². The van der Waals surface area contributed by atoms with Crippen LogP contribution in [0.15, 0.2) is 53.7 Å². The SMILES string of the molecule is C[C@]1(O)CCN([C@H]2CCOc3cc(S(=O)(=O)Nc4ncns4)ccc32)[C@H](c2ccc(F)cc2)C1. The predicted molar refractivity (Wildman–Crippen MR) is 126 cm³/mol. The van der Waals surface area contributed by atoms with E-state index in [1.54, 1.807) is 24.3 Å². The van der Waals surface area contributed by atoms with Crippen LogP contribution in [0, 0.1) is 5.82 Å². The number of halogens is 1. The van der Waals surface area contributed by atoms with E-state index in [1.165, 1.54) is 24.5 Å².